The summed E-state index contributed by atoms with van der Waals surface area (Å²) in [5.74, 6) is 0.535. The molecule has 0 radical (unpaired) electrons. The summed E-state index contributed by atoms with van der Waals surface area (Å²) in [6.45, 7) is 7.91. The lowest BCUT2D eigenvalue weighted by atomic mass is 10.1. The van der Waals surface area contributed by atoms with Crippen LogP contribution in [0.2, 0.25) is 0 Å². The van der Waals surface area contributed by atoms with Crippen molar-refractivity contribution in [3.05, 3.63) is 35.4 Å². The highest BCUT2D eigenvalue weighted by Crippen LogP contribution is 2.07. The predicted molar refractivity (Wildman–Crippen MR) is 109 cm³/mol. The molecule has 1 aromatic rings. The molecule has 8 heteroatoms. The first-order valence-electron chi connectivity index (χ1n) is 8.18. The van der Waals surface area contributed by atoms with Crippen molar-refractivity contribution in [2.75, 3.05) is 32.7 Å². The van der Waals surface area contributed by atoms with Gasteiger partial charge in [0, 0.05) is 45.2 Å². The van der Waals surface area contributed by atoms with Crippen LogP contribution >= 0.6 is 24.0 Å². The van der Waals surface area contributed by atoms with Crippen molar-refractivity contribution in [1.29, 1.82) is 0 Å². The zero-order valence-electron chi connectivity index (χ0n) is 14.7. The van der Waals surface area contributed by atoms with Gasteiger partial charge in [0.15, 0.2) is 5.96 Å². The summed E-state index contributed by atoms with van der Waals surface area (Å²) in [5.41, 5.74) is 6.75. The number of aliphatic imine (C=N–C) groups is 1. The maximum absolute atomic E-state index is 11.4. The van der Waals surface area contributed by atoms with Gasteiger partial charge >= 0.3 is 0 Å². The maximum atomic E-state index is 11.4. The van der Waals surface area contributed by atoms with E-state index in [4.69, 9.17) is 5.73 Å². The molecule has 138 valence electrons. The third kappa shape index (κ3) is 6.18. The zero-order chi connectivity index (χ0) is 17.5. The molecule has 1 aromatic carbocycles. The van der Waals surface area contributed by atoms with Crippen LogP contribution in [-0.2, 0) is 11.3 Å². The van der Waals surface area contributed by atoms with E-state index in [0.29, 0.717) is 25.2 Å². The Bertz CT molecular complexity index is 610. The fourth-order valence-electron chi connectivity index (χ4n) is 2.60. The molecule has 25 heavy (non-hydrogen) atoms. The topological polar surface area (TPSA) is 91.0 Å². The molecule has 1 aliphatic heterocycles. The number of rotatable bonds is 4. The van der Waals surface area contributed by atoms with Crippen molar-refractivity contribution in [3.63, 3.8) is 0 Å². The van der Waals surface area contributed by atoms with Crippen molar-refractivity contribution in [2.24, 2.45) is 10.7 Å². The molecule has 3 N–H and O–H groups in total. The standard InChI is InChI=1S/C17H25N5O2.HI/c1-3-19-17(22-10-8-21(9-11-22)13(2)23)20-12-14-4-6-15(7-5-14)16(18)24;/h4-7H,3,8-12H2,1-2H3,(H2,18,24)(H,19,20);1H. The number of halogens is 1. The molecule has 2 rings (SSSR count). The normalized spacial score (nSPS) is 14.7. The molecule has 7 nitrogen and oxygen atoms in total. The number of nitrogens with one attached hydrogen (secondary N) is 1. The van der Waals surface area contributed by atoms with E-state index in [1.54, 1.807) is 19.1 Å². The van der Waals surface area contributed by atoms with Crippen LogP contribution in [0.25, 0.3) is 0 Å². The fourth-order valence-corrected chi connectivity index (χ4v) is 2.60. The lowest BCUT2D eigenvalue weighted by Gasteiger charge is -2.36. The molecule has 2 amide bonds. The van der Waals surface area contributed by atoms with E-state index in [2.05, 4.69) is 15.2 Å². The monoisotopic (exact) mass is 459 g/mol. The summed E-state index contributed by atoms with van der Waals surface area (Å²) < 4.78 is 0. The van der Waals surface area contributed by atoms with Gasteiger partial charge in [0.25, 0.3) is 0 Å². The number of nitrogens with two attached hydrogens (primary N) is 1. The van der Waals surface area contributed by atoms with Crippen LogP contribution in [0.5, 0.6) is 0 Å². The van der Waals surface area contributed by atoms with Crippen molar-refractivity contribution < 1.29 is 9.59 Å². The second-order valence-electron chi connectivity index (χ2n) is 5.72. The van der Waals surface area contributed by atoms with E-state index < -0.39 is 5.91 Å². The largest absolute Gasteiger partial charge is 0.366 e. The van der Waals surface area contributed by atoms with E-state index in [0.717, 1.165) is 31.2 Å². The van der Waals surface area contributed by atoms with Gasteiger partial charge in [-0.05, 0) is 24.6 Å². The highest BCUT2D eigenvalue weighted by atomic mass is 127. The Hall–Kier alpha value is -1.84. The molecule has 1 heterocycles. The first kappa shape index (κ1) is 21.2. The van der Waals surface area contributed by atoms with Crippen LogP contribution in [0.3, 0.4) is 0 Å². The Balaban J connectivity index is 0.00000312. The van der Waals surface area contributed by atoms with Gasteiger partial charge in [0.05, 0.1) is 6.54 Å². The molecule has 0 atom stereocenters. The van der Waals surface area contributed by atoms with Gasteiger partial charge in [-0.25, -0.2) is 4.99 Å². The van der Waals surface area contributed by atoms with Crippen LogP contribution < -0.4 is 11.1 Å². The number of primary amides is 1. The summed E-state index contributed by atoms with van der Waals surface area (Å²) in [7, 11) is 0. The number of nitrogens with zero attached hydrogens (tertiary/aromatic N) is 3. The first-order chi connectivity index (χ1) is 11.5. The third-order valence-corrected chi connectivity index (χ3v) is 4.01. The van der Waals surface area contributed by atoms with Gasteiger partial charge in [-0.3, -0.25) is 9.59 Å². The minimum Gasteiger partial charge on any atom is -0.366 e. The number of carbonyl (C=O) groups is 2. The van der Waals surface area contributed by atoms with Gasteiger partial charge in [-0.1, -0.05) is 12.1 Å². The number of hydrogen-bond donors (Lipinski definition) is 2. The van der Waals surface area contributed by atoms with Crippen LogP contribution in [0.1, 0.15) is 29.8 Å². The lowest BCUT2D eigenvalue weighted by Crippen LogP contribution is -2.53. The summed E-state index contributed by atoms with van der Waals surface area (Å²) in [6, 6.07) is 7.15. The van der Waals surface area contributed by atoms with E-state index in [-0.39, 0.29) is 29.9 Å². The second kappa shape index (κ2) is 10.2. The van der Waals surface area contributed by atoms with E-state index in [9.17, 15) is 9.59 Å². The Morgan fingerprint density at radius 1 is 1.12 bits per heavy atom. The fraction of sp³-hybridized carbons (Fsp3) is 0.471. The number of piperazine rings is 1. The third-order valence-electron chi connectivity index (χ3n) is 4.01. The van der Waals surface area contributed by atoms with Gasteiger partial charge in [-0.15, -0.1) is 24.0 Å². The summed E-state index contributed by atoms with van der Waals surface area (Å²) >= 11 is 0. The van der Waals surface area contributed by atoms with Crippen LogP contribution in [-0.4, -0.2) is 60.3 Å². The Morgan fingerprint density at radius 2 is 1.68 bits per heavy atom. The molecule has 0 unspecified atom stereocenters. The average Bonchev–Trinajstić information content (AvgIpc) is 2.59. The smallest absolute Gasteiger partial charge is 0.248 e. The molecule has 0 aromatic heterocycles. The van der Waals surface area contributed by atoms with Crippen molar-refractivity contribution in [1.82, 2.24) is 15.1 Å². The second-order valence-corrected chi connectivity index (χ2v) is 5.72. The summed E-state index contributed by atoms with van der Waals surface area (Å²) in [4.78, 5) is 31.2. The van der Waals surface area contributed by atoms with Gasteiger partial charge in [0.2, 0.25) is 11.8 Å². The number of amides is 2. The van der Waals surface area contributed by atoms with E-state index >= 15 is 0 Å². The Kier molecular flexibility index (Phi) is 8.67. The molecule has 0 saturated carbocycles. The number of guanidine groups is 1. The van der Waals surface area contributed by atoms with Crippen LogP contribution in [0.15, 0.2) is 29.3 Å². The minimum atomic E-state index is -0.429. The lowest BCUT2D eigenvalue weighted by molar-refractivity contribution is -0.130. The highest BCUT2D eigenvalue weighted by Gasteiger charge is 2.20. The minimum absolute atomic E-state index is 0. The predicted octanol–water partition coefficient (Wildman–Crippen LogP) is 1.03. The highest BCUT2D eigenvalue weighted by molar-refractivity contribution is 14.0. The number of benzene rings is 1. The molecular weight excluding hydrogens is 433 g/mol. The molecular formula is C17H26IN5O2. The number of hydrogen-bond acceptors (Lipinski definition) is 3. The van der Waals surface area contributed by atoms with Crippen molar-refractivity contribution in [2.45, 2.75) is 20.4 Å². The molecule has 1 aliphatic rings. The molecule has 0 spiro atoms. The number of carbonyl (C=O) groups excluding carboxylic acids is 2. The van der Waals surface area contributed by atoms with Gasteiger partial charge in [0.1, 0.15) is 0 Å². The van der Waals surface area contributed by atoms with E-state index in [1.807, 2.05) is 24.0 Å². The molecule has 0 aliphatic carbocycles. The Labute approximate surface area is 165 Å². The average molecular weight is 459 g/mol. The quantitative estimate of drug-likeness (QED) is 0.400. The summed E-state index contributed by atoms with van der Waals surface area (Å²) in [6.07, 6.45) is 0. The van der Waals surface area contributed by atoms with Crippen LogP contribution in [0, 0.1) is 0 Å². The first-order valence-corrected chi connectivity index (χ1v) is 8.18. The van der Waals surface area contributed by atoms with Gasteiger partial charge in [-0.2, -0.15) is 0 Å². The zero-order valence-corrected chi connectivity index (χ0v) is 17.0. The van der Waals surface area contributed by atoms with Crippen LogP contribution in [0.4, 0.5) is 0 Å². The summed E-state index contributed by atoms with van der Waals surface area (Å²) in [5, 5.41) is 3.29. The molecule has 1 saturated heterocycles. The maximum Gasteiger partial charge on any atom is 0.248 e. The van der Waals surface area contributed by atoms with Gasteiger partial charge < -0.3 is 20.9 Å². The van der Waals surface area contributed by atoms with E-state index in [1.165, 1.54) is 0 Å². The van der Waals surface area contributed by atoms with Crippen molar-refractivity contribution in [3.8, 4) is 0 Å². The molecule has 1 fully saturated rings. The Morgan fingerprint density at radius 3 is 2.16 bits per heavy atom. The molecule has 0 bridgehead atoms. The van der Waals surface area contributed by atoms with Crippen molar-refractivity contribution >= 4 is 41.8 Å². The SMILES string of the molecule is CCNC(=NCc1ccc(C(N)=O)cc1)N1CCN(C(C)=O)CC1.I.